The van der Waals surface area contributed by atoms with E-state index in [-0.39, 0.29) is 27.0 Å². The second-order valence-corrected chi connectivity index (χ2v) is 10.8. The molecule has 0 saturated carbocycles. The van der Waals surface area contributed by atoms with E-state index in [1.165, 1.54) is 36.7 Å². The summed E-state index contributed by atoms with van der Waals surface area (Å²) in [5.74, 6) is -1.70. The van der Waals surface area contributed by atoms with Gasteiger partial charge in [-0.2, -0.15) is 0 Å². The molecule has 0 atom stereocenters. The Bertz CT molecular complexity index is 1490. The largest absolute Gasteiger partial charge is 0.384 e. The van der Waals surface area contributed by atoms with Gasteiger partial charge in [0.05, 0.1) is 26.9 Å². The van der Waals surface area contributed by atoms with Crippen molar-refractivity contribution < 1.29 is 22.3 Å². The third-order valence-electron chi connectivity index (χ3n) is 5.32. The van der Waals surface area contributed by atoms with Crippen LogP contribution < -0.4 is 0 Å². The van der Waals surface area contributed by atoms with E-state index in [2.05, 4.69) is 4.98 Å². The van der Waals surface area contributed by atoms with Gasteiger partial charge in [0.25, 0.3) is 0 Å². The quantitative estimate of drug-likeness (QED) is 0.376. The van der Waals surface area contributed by atoms with E-state index in [4.69, 9.17) is 11.6 Å². The van der Waals surface area contributed by atoms with Gasteiger partial charge >= 0.3 is 0 Å². The van der Waals surface area contributed by atoms with Crippen LogP contribution in [0.4, 0.5) is 8.78 Å². The highest BCUT2D eigenvalue weighted by Gasteiger charge is 2.26. The van der Waals surface area contributed by atoms with Crippen LogP contribution >= 0.6 is 11.6 Å². The van der Waals surface area contributed by atoms with Crippen molar-refractivity contribution in [2.75, 3.05) is 6.26 Å². The lowest BCUT2D eigenvalue weighted by atomic mass is 10.0. The summed E-state index contributed by atoms with van der Waals surface area (Å²) in [5, 5.41) is 10.7. The molecule has 9 heteroatoms. The summed E-state index contributed by atoms with van der Waals surface area (Å²) < 4.78 is 55.1. The highest BCUT2D eigenvalue weighted by Crippen LogP contribution is 2.36. The van der Waals surface area contributed by atoms with E-state index in [0.717, 1.165) is 18.4 Å². The number of aliphatic hydroxyl groups is 1. The van der Waals surface area contributed by atoms with Crippen LogP contribution in [0, 0.1) is 11.6 Å². The molecule has 4 aromatic rings. The lowest BCUT2D eigenvalue weighted by Crippen LogP contribution is -2.15. The van der Waals surface area contributed by atoms with Crippen LogP contribution in [-0.4, -0.2) is 29.3 Å². The number of nitrogens with zero attached hydrogens (tertiary/aromatic N) is 2. The van der Waals surface area contributed by atoms with Gasteiger partial charge < -0.3 is 5.11 Å². The zero-order valence-electron chi connectivity index (χ0n) is 18.6. The molecular formula is C25H21ClF2N2O3S. The maximum atomic E-state index is 14.6. The fourth-order valence-corrected chi connectivity index (χ4v) is 4.83. The number of hydrogen-bond donors (Lipinski definition) is 1. The van der Waals surface area contributed by atoms with Gasteiger partial charge in [-0.3, -0.25) is 4.57 Å². The Labute approximate surface area is 201 Å². The minimum absolute atomic E-state index is 0.0705. The van der Waals surface area contributed by atoms with Crippen molar-refractivity contribution in [3.05, 3.63) is 89.2 Å². The summed E-state index contributed by atoms with van der Waals surface area (Å²) in [6.45, 7) is 3.02. The van der Waals surface area contributed by atoms with E-state index in [1.54, 1.807) is 36.4 Å². The summed E-state index contributed by atoms with van der Waals surface area (Å²) >= 11 is 6.59. The molecule has 0 aliphatic rings. The van der Waals surface area contributed by atoms with Crippen LogP contribution in [0.1, 0.15) is 19.5 Å². The standard InChI is InChI=1S/C25H21ClF2N2O3S/c1-25(2,31)22-14-30(24(29-22)23-18(27)8-6-9-19(23)28)20-12-11-15(13-17(20)26)16-7-4-5-10-21(16)34(3,32)33/h4-14,31H,1-3H3. The number of halogens is 3. The molecule has 5 nitrogen and oxygen atoms in total. The normalized spacial score (nSPS) is 12.2. The lowest BCUT2D eigenvalue weighted by Gasteiger charge is -2.14. The van der Waals surface area contributed by atoms with Crippen LogP contribution in [0.25, 0.3) is 28.2 Å². The van der Waals surface area contributed by atoms with Crippen LogP contribution in [0.3, 0.4) is 0 Å². The fourth-order valence-electron chi connectivity index (χ4n) is 3.64. The molecule has 3 aromatic carbocycles. The van der Waals surface area contributed by atoms with Gasteiger partial charge in [0.15, 0.2) is 15.7 Å². The highest BCUT2D eigenvalue weighted by atomic mass is 35.5. The van der Waals surface area contributed by atoms with Gasteiger partial charge in [-0.15, -0.1) is 0 Å². The molecule has 176 valence electrons. The Balaban J connectivity index is 1.93. The predicted octanol–water partition coefficient (Wildman–Crippen LogP) is 5.77. The third kappa shape index (κ3) is 4.49. The molecule has 34 heavy (non-hydrogen) atoms. The third-order valence-corrected chi connectivity index (χ3v) is 6.78. The second-order valence-electron chi connectivity index (χ2n) is 8.41. The number of rotatable bonds is 5. The molecule has 1 heterocycles. The first-order chi connectivity index (χ1) is 15.9. The molecule has 0 radical (unpaired) electrons. The van der Waals surface area contributed by atoms with Gasteiger partial charge in [0.2, 0.25) is 0 Å². The smallest absolute Gasteiger partial charge is 0.176 e. The maximum Gasteiger partial charge on any atom is 0.176 e. The van der Waals surface area contributed by atoms with Crippen molar-refractivity contribution in [3.63, 3.8) is 0 Å². The number of aromatic nitrogens is 2. The summed E-state index contributed by atoms with van der Waals surface area (Å²) in [4.78, 5) is 4.47. The van der Waals surface area contributed by atoms with Crippen molar-refractivity contribution in [3.8, 4) is 28.2 Å². The van der Waals surface area contributed by atoms with Crippen molar-refractivity contribution in [1.29, 1.82) is 0 Å². The van der Waals surface area contributed by atoms with E-state index >= 15 is 0 Å². The van der Waals surface area contributed by atoms with E-state index in [9.17, 15) is 22.3 Å². The zero-order chi connectivity index (χ0) is 24.8. The average molecular weight is 503 g/mol. The van der Waals surface area contributed by atoms with Gasteiger partial charge in [-0.05, 0) is 49.7 Å². The average Bonchev–Trinajstić information content (AvgIpc) is 3.18. The summed E-state index contributed by atoms with van der Waals surface area (Å²) in [6, 6.07) is 14.9. The lowest BCUT2D eigenvalue weighted by molar-refractivity contribution is 0.0743. The number of hydrogen-bond acceptors (Lipinski definition) is 4. The number of imidazole rings is 1. The number of sulfone groups is 1. The van der Waals surface area contributed by atoms with Gasteiger partial charge in [-0.25, -0.2) is 22.2 Å². The number of benzene rings is 3. The summed E-state index contributed by atoms with van der Waals surface area (Å²) in [6.07, 6.45) is 2.59. The Kier molecular flexibility index (Phi) is 6.10. The van der Waals surface area contributed by atoms with E-state index in [0.29, 0.717) is 16.8 Å². The monoisotopic (exact) mass is 502 g/mol. The van der Waals surface area contributed by atoms with E-state index < -0.39 is 27.1 Å². The first kappa shape index (κ1) is 24.1. The molecule has 1 N–H and O–H groups in total. The van der Waals surface area contributed by atoms with Gasteiger partial charge in [0.1, 0.15) is 17.2 Å². The minimum atomic E-state index is -3.49. The van der Waals surface area contributed by atoms with E-state index in [1.807, 2.05) is 0 Å². The Hall–Kier alpha value is -3.07. The Morgan fingerprint density at radius 3 is 2.24 bits per heavy atom. The molecule has 0 aliphatic heterocycles. The van der Waals surface area contributed by atoms with Crippen molar-refractivity contribution in [2.24, 2.45) is 0 Å². The molecule has 0 aliphatic carbocycles. The fraction of sp³-hybridized carbons (Fsp3) is 0.160. The van der Waals surface area contributed by atoms with Crippen molar-refractivity contribution >= 4 is 21.4 Å². The Morgan fingerprint density at radius 1 is 1.00 bits per heavy atom. The van der Waals surface area contributed by atoms with Crippen molar-refractivity contribution in [2.45, 2.75) is 24.3 Å². The molecule has 0 amide bonds. The second kappa shape index (κ2) is 8.61. The molecule has 0 fully saturated rings. The molecule has 1 aromatic heterocycles. The first-order valence-electron chi connectivity index (χ1n) is 10.2. The van der Waals surface area contributed by atoms with Crippen molar-refractivity contribution in [1.82, 2.24) is 9.55 Å². The van der Waals surface area contributed by atoms with Gasteiger partial charge in [-0.1, -0.05) is 41.9 Å². The minimum Gasteiger partial charge on any atom is -0.384 e. The van der Waals surface area contributed by atoms with Gasteiger partial charge in [0, 0.05) is 18.0 Å². The van der Waals surface area contributed by atoms with Crippen LogP contribution in [0.2, 0.25) is 5.02 Å². The topological polar surface area (TPSA) is 72.2 Å². The SMILES string of the molecule is CC(C)(O)c1cn(-c2ccc(-c3ccccc3S(C)(=O)=O)cc2Cl)c(-c2c(F)cccc2F)n1. The van der Waals surface area contributed by atoms with Crippen LogP contribution in [-0.2, 0) is 15.4 Å². The summed E-state index contributed by atoms with van der Waals surface area (Å²) in [7, 11) is -3.49. The molecule has 0 spiro atoms. The summed E-state index contributed by atoms with van der Waals surface area (Å²) in [5.41, 5.74) is -0.184. The van der Waals surface area contributed by atoms with Crippen LogP contribution in [0.5, 0.6) is 0 Å². The zero-order valence-corrected chi connectivity index (χ0v) is 20.1. The molecule has 0 saturated heterocycles. The first-order valence-corrected chi connectivity index (χ1v) is 12.5. The predicted molar refractivity (Wildman–Crippen MR) is 128 cm³/mol. The molecular weight excluding hydrogens is 482 g/mol. The van der Waals surface area contributed by atoms with Crippen LogP contribution in [0.15, 0.2) is 71.8 Å². The Morgan fingerprint density at radius 2 is 1.65 bits per heavy atom. The molecule has 4 rings (SSSR count). The molecule has 0 bridgehead atoms. The molecule has 0 unspecified atom stereocenters. The highest BCUT2D eigenvalue weighted by molar-refractivity contribution is 7.90. The maximum absolute atomic E-state index is 14.6.